The van der Waals surface area contributed by atoms with Crippen molar-refractivity contribution in [3.63, 3.8) is 0 Å². The number of halogens is 1. The molecule has 8 heteroatoms. The van der Waals surface area contributed by atoms with Gasteiger partial charge in [0.05, 0.1) is 6.54 Å². The van der Waals surface area contributed by atoms with Crippen molar-refractivity contribution in [3.05, 3.63) is 46.3 Å². The van der Waals surface area contributed by atoms with Crippen molar-refractivity contribution in [2.45, 2.75) is 45.1 Å². The molecular weight excluding hydrogens is 407 g/mol. The first-order chi connectivity index (χ1) is 15.5. The lowest BCUT2D eigenvalue weighted by Gasteiger charge is -2.15. The molecule has 0 atom stereocenters. The number of aryl methyl sites for hydroxylation is 3. The maximum absolute atomic E-state index is 14.0. The number of nitrogen functional groups attached to an aromatic ring is 1. The van der Waals surface area contributed by atoms with Crippen molar-refractivity contribution in [2.24, 2.45) is 0 Å². The molecule has 3 heterocycles. The second-order valence-corrected chi connectivity index (χ2v) is 8.60. The van der Waals surface area contributed by atoms with Gasteiger partial charge in [0.25, 0.3) is 0 Å². The lowest BCUT2D eigenvalue weighted by molar-refractivity contribution is -0.116. The number of benzene rings is 1. The Morgan fingerprint density at radius 3 is 2.69 bits per heavy atom. The molecular formula is C24H25FN6O. The number of hydrogen-bond acceptors (Lipinski definition) is 6. The third-order valence-electron chi connectivity index (χ3n) is 6.46. The van der Waals surface area contributed by atoms with E-state index in [0.29, 0.717) is 37.1 Å². The van der Waals surface area contributed by atoms with Gasteiger partial charge in [0, 0.05) is 38.0 Å². The lowest BCUT2D eigenvalue weighted by Crippen LogP contribution is -2.23. The van der Waals surface area contributed by atoms with Crippen LogP contribution >= 0.6 is 0 Å². The number of rotatable bonds is 6. The summed E-state index contributed by atoms with van der Waals surface area (Å²) in [4.78, 5) is 26.0. The number of fused-ring (bicyclic) bond motifs is 2. The Morgan fingerprint density at radius 1 is 1.12 bits per heavy atom. The molecule has 1 saturated heterocycles. The van der Waals surface area contributed by atoms with Crippen LogP contribution in [0.25, 0.3) is 11.2 Å². The van der Waals surface area contributed by atoms with Crippen molar-refractivity contribution in [3.8, 4) is 12.3 Å². The first-order valence-electron chi connectivity index (χ1n) is 11.1. The molecule has 3 aromatic rings. The Bertz CT molecular complexity index is 1260. The van der Waals surface area contributed by atoms with Crippen LogP contribution in [-0.2, 0) is 30.6 Å². The zero-order valence-corrected chi connectivity index (χ0v) is 17.9. The summed E-state index contributed by atoms with van der Waals surface area (Å²) in [7, 11) is 0. The van der Waals surface area contributed by atoms with Crippen molar-refractivity contribution in [1.29, 1.82) is 0 Å². The van der Waals surface area contributed by atoms with Gasteiger partial charge in [-0.25, -0.2) is 4.98 Å². The first kappa shape index (κ1) is 20.6. The number of carbonyl (C=O) groups excluding carboxylic acids is 1. The monoisotopic (exact) mass is 432 g/mol. The molecule has 0 amide bonds. The molecule has 1 aliphatic heterocycles. The van der Waals surface area contributed by atoms with E-state index in [1.165, 1.54) is 11.1 Å². The maximum Gasteiger partial charge on any atom is 0.312 e. The normalized spacial score (nSPS) is 16.1. The first-order valence-corrected chi connectivity index (χ1v) is 11.1. The van der Waals surface area contributed by atoms with Crippen molar-refractivity contribution in [1.82, 2.24) is 24.4 Å². The fourth-order valence-corrected chi connectivity index (χ4v) is 4.87. The third-order valence-corrected chi connectivity index (χ3v) is 6.46. The van der Waals surface area contributed by atoms with Crippen LogP contribution in [-0.4, -0.2) is 49.8 Å². The van der Waals surface area contributed by atoms with Gasteiger partial charge in [-0.2, -0.15) is 14.4 Å². The predicted octanol–water partition coefficient (Wildman–Crippen LogP) is 2.27. The number of nitrogens with two attached hydrogens (primary N) is 1. The largest absolute Gasteiger partial charge is 0.382 e. The molecule has 0 unspecified atom stereocenters. The summed E-state index contributed by atoms with van der Waals surface area (Å²) in [6.45, 7) is 2.66. The van der Waals surface area contributed by atoms with Crippen LogP contribution in [0.1, 0.15) is 47.3 Å². The van der Waals surface area contributed by atoms with Gasteiger partial charge in [-0.3, -0.25) is 9.69 Å². The van der Waals surface area contributed by atoms with Crippen LogP contribution in [0.15, 0.2) is 12.1 Å². The van der Waals surface area contributed by atoms with E-state index in [1.54, 1.807) is 0 Å². The van der Waals surface area contributed by atoms with E-state index in [-0.39, 0.29) is 11.6 Å². The molecule has 0 saturated carbocycles. The van der Waals surface area contributed by atoms with Crippen LogP contribution in [0.3, 0.4) is 0 Å². The minimum absolute atomic E-state index is 0.0313. The third kappa shape index (κ3) is 3.84. The number of terminal acetylenes is 1. The van der Waals surface area contributed by atoms with Gasteiger partial charge in [-0.05, 0) is 48.4 Å². The van der Waals surface area contributed by atoms with E-state index >= 15 is 0 Å². The number of carbonyl (C=O) groups is 1. The predicted molar refractivity (Wildman–Crippen MR) is 120 cm³/mol. The molecule has 0 radical (unpaired) electrons. The topological polar surface area (TPSA) is 89.9 Å². The molecule has 1 fully saturated rings. The molecule has 1 aliphatic carbocycles. The van der Waals surface area contributed by atoms with Gasteiger partial charge in [-0.15, -0.1) is 6.42 Å². The molecule has 0 bridgehead atoms. The fraction of sp³-hybridized carbons (Fsp3) is 0.417. The van der Waals surface area contributed by atoms with Gasteiger partial charge in [0.15, 0.2) is 17.0 Å². The van der Waals surface area contributed by atoms with Gasteiger partial charge in [0.1, 0.15) is 11.6 Å². The standard InChI is InChI=1S/C24H25FN6O/c1-2-15-11-16-5-3-6-17(16)12-18(15)13-20-27-21-22(26)28-24(25)29-23(21)31(20)9-4-8-30-10-7-19(32)14-30/h1,11-12H,3-10,13-14H2,(H2,26,28,29). The van der Waals surface area contributed by atoms with Crippen LogP contribution < -0.4 is 5.73 Å². The molecule has 32 heavy (non-hydrogen) atoms. The summed E-state index contributed by atoms with van der Waals surface area (Å²) in [6, 6.07) is 4.30. The zero-order valence-electron chi connectivity index (χ0n) is 17.9. The van der Waals surface area contributed by atoms with Crippen LogP contribution in [0, 0.1) is 18.4 Å². The van der Waals surface area contributed by atoms with Crippen molar-refractivity contribution in [2.75, 3.05) is 25.4 Å². The summed E-state index contributed by atoms with van der Waals surface area (Å²) in [5.74, 6) is 3.86. The molecule has 2 aromatic heterocycles. The van der Waals surface area contributed by atoms with Gasteiger partial charge in [-0.1, -0.05) is 12.0 Å². The Morgan fingerprint density at radius 2 is 1.94 bits per heavy atom. The molecule has 164 valence electrons. The fourth-order valence-electron chi connectivity index (χ4n) is 4.87. The summed E-state index contributed by atoms with van der Waals surface area (Å²) in [5, 5.41) is 0. The highest BCUT2D eigenvalue weighted by Gasteiger charge is 2.22. The summed E-state index contributed by atoms with van der Waals surface area (Å²) < 4.78 is 15.9. The number of Topliss-reactive ketones (excluding diaryl/α,β-unsaturated/α-hetero) is 1. The average Bonchev–Trinajstić information content (AvgIpc) is 3.47. The summed E-state index contributed by atoms with van der Waals surface area (Å²) >= 11 is 0. The van der Waals surface area contributed by atoms with Crippen LogP contribution in [0.2, 0.25) is 0 Å². The molecule has 1 aromatic carbocycles. The second-order valence-electron chi connectivity index (χ2n) is 8.60. The second kappa shape index (κ2) is 8.32. The van der Waals surface area contributed by atoms with Crippen LogP contribution in [0.5, 0.6) is 0 Å². The Hall–Kier alpha value is -3.31. The van der Waals surface area contributed by atoms with E-state index in [1.807, 2.05) is 4.57 Å². The van der Waals surface area contributed by atoms with E-state index in [9.17, 15) is 9.18 Å². The highest BCUT2D eigenvalue weighted by Crippen LogP contribution is 2.28. The molecule has 2 N–H and O–H groups in total. The van der Waals surface area contributed by atoms with E-state index in [2.05, 4.69) is 32.9 Å². The Labute approximate surface area is 185 Å². The number of imidazole rings is 1. The minimum atomic E-state index is -0.866. The molecule has 5 rings (SSSR count). The number of hydrogen-bond donors (Lipinski definition) is 1. The number of ketones is 1. The lowest BCUT2D eigenvalue weighted by atomic mass is 9.98. The average molecular weight is 433 g/mol. The van der Waals surface area contributed by atoms with Gasteiger partial charge < -0.3 is 10.3 Å². The molecule has 7 nitrogen and oxygen atoms in total. The highest BCUT2D eigenvalue weighted by atomic mass is 19.1. The zero-order chi connectivity index (χ0) is 22.2. The van der Waals surface area contributed by atoms with Crippen molar-refractivity contribution < 1.29 is 9.18 Å². The molecule has 2 aliphatic rings. The SMILES string of the molecule is C#Cc1cc2c(cc1Cc1nc3c(N)nc(F)nc3n1CCCN1CCC(=O)C1)CCC2. The quantitative estimate of drug-likeness (QED) is 0.475. The summed E-state index contributed by atoms with van der Waals surface area (Å²) in [5.41, 5.74) is 11.3. The number of anilines is 1. The van der Waals surface area contributed by atoms with E-state index in [0.717, 1.165) is 55.7 Å². The Kier molecular flexibility index (Phi) is 5.35. The summed E-state index contributed by atoms with van der Waals surface area (Å²) in [6.07, 6.45) is 10.1. The van der Waals surface area contributed by atoms with Crippen molar-refractivity contribution >= 4 is 22.8 Å². The van der Waals surface area contributed by atoms with E-state index in [4.69, 9.17) is 17.1 Å². The smallest absolute Gasteiger partial charge is 0.312 e. The number of nitrogens with zero attached hydrogens (tertiary/aromatic N) is 5. The van der Waals surface area contributed by atoms with Crippen LogP contribution in [0.4, 0.5) is 10.2 Å². The molecule has 0 spiro atoms. The van der Waals surface area contributed by atoms with Gasteiger partial charge >= 0.3 is 6.08 Å². The number of aromatic nitrogens is 4. The van der Waals surface area contributed by atoms with Gasteiger partial charge in [0.2, 0.25) is 0 Å². The number of likely N-dealkylation sites (tertiary alicyclic amines) is 1. The Balaban J connectivity index is 1.48. The maximum atomic E-state index is 14.0. The van der Waals surface area contributed by atoms with E-state index < -0.39 is 6.08 Å². The highest BCUT2D eigenvalue weighted by molar-refractivity contribution is 5.82. The minimum Gasteiger partial charge on any atom is -0.382 e.